The number of hydrogen-bond donors (Lipinski definition) is 1. The minimum absolute atomic E-state index is 0.277. The van der Waals surface area contributed by atoms with E-state index in [0.29, 0.717) is 6.61 Å². The van der Waals surface area contributed by atoms with Crippen LogP contribution in [0.3, 0.4) is 0 Å². The SMILES string of the molecule is COC(=O)c1nccn([C@@H]2O[C@H](CO)[C@H]3OC(C)(C)O[C@H]32)c1=O.COC[C@H]1O[C@@H](n2ccnc(C(=O)OC)c2=O)[C@@H]2OC(C)(C)O[C@@H]21. The molecule has 0 radical (unpaired) electrons. The van der Waals surface area contributed by atoms with Gasteiger partial charge in [0.1, 0.15) is 36.6 Å². The largest absolute Gasteiger partial charge is 0.464 e. The number of methoxy groups -OCH3 is 3. The number of carbonyl (C=O) groups is 2. The molecular weight excluding hydrogens is 628 g/mol. The maximum absolute atomic E-state index is 12.6. The first kappa shape index (κ1) is 34.7. The summed E-state index contributed by atoms with van der Waals surface area (Å²) < 4.78 is 51.7. The van der Waals surface area contributed by atoms with E-state index in [4.69, 9.17) is 33.2 Å². The lowest BCUT2D eigenvalue weighted by Crippen LogP contribution is -2.36. The van der Waals surface area contributed by atoms with E-state index in [9.17, 15) is 24.3 Å². The smallest absolute Gasteiger partial charge is 0.362 e. The molecule has 6 rings (SSSR count). The summed E-state index contributed by atoms with van der Waals surface area (Å²) in [6, 6.07) is 0. The van der Waals surface area contributed by atoms with Gasteiger partial charge >= 0.3 is 11.9 Å². The Labute approximate surface area is 268 Å². The monoisotopic (exact) mass is 666 g/mol. The Bertz CT molecular complexity index is 1590. The molecule has 0 spiro atoms. The number of ether oxygens (including phenoxy) is 9. The molecule has 18 nitrogen and oxygen atoms in total. The van der Waals surface area contributed by atoms with Crippen LogP contribution < -0.4 is 11.1 Å². The number of aliphatic hydroxyl groups is 1. The molecule has 4 aliphatic rings. The topological polar surface area (TPSA) is 207 Å². The van der Waals surface area contributed by atoms with Gasteiger partial charge in [-0.05, 0) is 27.7 Å². The predicted molar refractivity (Wildman–Crippen MR) is 154 cm³/mol. The van der Waals surface area contributed by atoms with E-state index in [1.165, 1.54) is 48.1 Å². The fourth-order valence-electron chi connectivity index (χ4n) is 5.94. The molecule has 4 fully saturated rings. The summed E-state index contributed by atoms with van der Waals surface area (Å²) in [5.41, 5.74) is -1.93. The van der Waals surface area contributed by atoms with Crippen molar-refractivity contribution in [3.8, 4) is 0 Å². The summed E-state index contributed by atoms with van der Waals surface area (Å²) in [6.07, 6.45) is 0.878. The average Bonchev–Trinajstić information content (AvgIpc) is 3.73. The normalized spacial score (nSPS) is 31.4. The first-order valence-corrected chi connectivity index (χ1v) is 14.7. The van der Waals surface area contributed by atoms with Crippen molar-refractivity contribution in [2.75, 3.05) is 34.5 Å². The fraction of sp³-hybridized carbons (Fsp3) is 0.655. The molecule has 2 aromatic heterocycles. The van der Waals surface area contributed by atoms with Crippen molar-refractivity contribution in [2.24, 2.45) is 0 Å². The summed E-state index contributed by atoms with van der Waals surface area (Å²) in [5, 5.41) is 9.46. The summed E-state index contributed by atoms with van der Waals surface area (Å²) >= 11 is 0. The van der Waals surface area contributed by atoms with E-state index >= 15 is 0 Å². The molecule has 0 saturated carbocycles. The molecular formula is C29H38N4O14. The van der Waals surface area contributed by atoms with Gasteiger partial charge in [0.25, 0.3) is 11.1 Å². The lowest BCUT2D eigenvalue weighted by atomic mass is 10.1. The lowest BCUT2D eigenvalue weighted by molar-refractivity contribution is -0.201. The zero-order valence-corrected chi connectivity index (χ0v) is 26.9. The van der Waals surface area contributed by atoms with Crippen molar-refractivity contribution in [2.45, 2.75) is 88.3 Å². The van der Waals surface area contributed by atoms with Crippen LogP contribution in [0.1, 0.15) is 61.1 Å². The van der Waals surface area contributed by atoms with Crippen LogP contribution in [0.25, 0.3) is 0 Å². The zero-order valence-electron chi connectivity index (χ0n) is 26.9. The van der Waals surface area contributed by atoms with Gasteiger partial charge < -0.3 is 47.7 Å². The van der Waals surface area contributed by atoms with Crippen molar-refractivity contribution < 1.29 is 57.3 Å². The van der Waals surface area contributed by atoms with Gasteiger partial charge in [-0.2, -0.15) is 0 Å². The number of fused-ring (bicyclic) bond motifs is 2. The summed E-state index contributed by atoms with van der Waals surface area (Å²) in [6.45, 7) is 7.09. The predicted octanol–water partition coefficient (Wildman–Crippen LogP) is -0.466. The standard InChI is InChI=1S/C15H20N2O7.C14H18N2O7/c1-15(2)23-10-8(7-20-3)22-13(11(10)24-15)17-6-5-16-9(12(17)18)14(19)21-4;1-14(2)22-9-7(6-17)21-12(10(9)23-14)16-5-4-15-8(11(16)18)13(19)20-3/h5-6,8,10-11,13H,7H2,1-4H3;4-5,7,9-10,12,17H,6H2,1-3H3/t8-,10-,11-,13-;7-,9-,10-,12-/m11/s1. The van der Waals surface area contributed by atoms with E-state index in [0.717, 1.165) is 0 Å². The molecule has 0 amide bonds. The van der Waals surface area contributed by atoms with Crippen molar-refractivity contribution in [3.05, 3.63) is 56.9 Å². The van der Waals surface area contributed by atoms with E-state index in [2.05, 4.69) is 19.4 Å². The maximum Gasteiger partial charge on any atom is 0.362 e. The van der Waals surface area contributed by atoms with Crippen LogP contribution in [0.15, 0.2) is 34.4 Å². The molecule has 2 aromatic rings. The Balaban J connectivity index is 0.000000185. The van der Waals surface area contributed by atoms with Gasteiger partial charge in [0.2, 0.25) is 11.4 Å². The number of nitrogens with zero attached hydrogens (tertiary/aromatic N) is 4. The van der Waals surface area contributed by atoms with Gasteiger partial charge in [0, 0.05) is 31.9 Å². The molecule has 0 bridgehead atoms. The molecule has 0 aromatic carbocycles. The van der Waals surface area contributed by atoms with Gasteiger partial charge in [0.15, 0.2) is 24.0 Å². The second-order valence-electron chi connectivity index (χ2n) is 11.9. The molecule has 4 aliphatic heterocycles. The van der Waals surface area contributed by atoms with Gasteiger partial charge in [-0.25, -0.2) is 19.6 Å². The Hall–Kier alpha value is -3.62. The third kappa shape index (κ3) is 6.72. The van der Waals surface area contributed by atoms with Gasteiger partial charge in [-0.1, -0.05) is 0 Å². The van der Waals surface area contributed by atoms with Crippen LogP contribution in [-0.4, -0.2) is 119 Å². The van der Waals surface area contributed by atoms with Crippen LogP contribution in [-0.2, 0) is 42.6 Å². The Morgan fingerprint density at radius 3 is 1.55 bits per heavy atom. The van der Waals surface area contributed by atoms with Gasteiger partial charge in [0.05, 0.1) is 27.4 Å². The molecule has 18 heteroatoms. The number of carbonyl (C=O) groups excluding carboxylic acids is 2. The molecule has 258 valence electrons. The number of esters is 2. The number of hydrogen-bond acceptors (Lipinski definition) is 16. The molecule has 8 atom stereocenters. The van der Waals surface area contributed by atoms with Gasteiger partial charge in [-0.15, -0.1) is 0 Å². The van der Waals surface area contributed by atoms with E-state index in [-0.39, 0.29) is 24.1 Å². The third-order valence-electron chi connectivity index (χ3n) is 7.80. The molecule has 0 aliphatic carbocycles. The Morgan fingerprint density at radius 1 is 0.745 bits per heavy atom. The van der Waals surface area contributed by atoms with Crippen LogP contribution in [0, 0.1) is 0 Å². The molecule has 4 saturated heterocycles. The van der Waals surface area contributed by atoms with E-state index in [1.54, 1.807) is 34.8 Å². The highest BCUT2D eigenvalue weighted by atomic mass is 16.8. The minimum atomic E-state index is -0.855. The number of aromatic nitrogens is 4. The van der Waals surface area contributed by atoms with Crippen molar-refractivity contribution in [1.82, 2.24) is 19.1 Å². The minimum Gasteiger partial charge on any atom is -0.464 e. The maximum atomic E-state index is 12.6. The summed E-state index contributed by atoms with van der Waals surface area (Å²) in [4.78, 5) is 55.9. The van der Waals surface area contributed by atoms with E-state index < -0.39 is 77.6 Å². The lowest BCUT2D eigenvalue weighted by Gasteiger charge is -2.24. The van der Waals surface area contributed by atoms with Crippen molar-refractivity contribution in [3.63, 3.8) is 0 Å². The number of rotatable bonds is 7. The average molecular weight is 667 g/mol. The van der Waals surface area contributed by atoms with Gasteiger partial charge in [-0.3, -0.25) is 18.7 Å². The first-order chi connectivity index (χ1) is 22.3. The van der Waals surface area contributed by atoms with Crippen molar-refractivity contribution in [1.29, 1.82) is 0 Å². The van der Waals surface area contributed by atoms with Crippen LogP contribution in [0.5, 0.6) is 0 Å². The summed E-state index contributed by atoms with van der Waals surface area (Å²) in [5.74, 6) is -3.29. The van der Waals surface area contributed by atoms with Crippen molar-refractivity contribution >= 4 is 11.9 Å². The highest BCUT2D eigenvalue weighted by Gasteiger charge is 2.57. The van der Waals surface area contributed by atoms with Crippen LogP contribution in [0.4, 0.5) is 0 Å². The van der Waals surface area contributed by atoms with Crippen LogP contribution >= 0.6 is 0 Å². The summed E-state index contributed by atoms with van der Waals surface area (Å²) in [7, 11) is 3.91. The van der Waals surface area contributed by atoms with Crippen LogP contribution in [0.2, 0.25) is 0 Å². The molecule has 47 heavy (non-hydrogen) atoms. The molecule has 6 heterocycles. The molecule has 0 unspecified atom stereocenters. The fourth-order valence-corrected chi connectivity index (χ4v) is 5.94. The van der Waals surface area contributed by atoms with E-state index in [1.807, 2.05) is 0 Å². The Kier molecular flexibility index (Phi) is 9.95. The second kappa shape index (κ2) is 13.5. The highest BCUT2D eigenvalue weighted by Crippen LogP contribution is 2.43. The Morgan fingerprint density at radius 2 is 1.15 bits per heavy atom. The molecule has 1 N–H and O–H groups in total. The quantitative estimate of drug-likeness (QED) is 0.371. The first-order valence-electron chi connectivity index (χ1n) is 14.7. The second-order valence-corrected chi connectivity index (χ2v) is 11.9. The third-order valence-corrected chi connectivity index (χ3v) is 7.80. The zero-order chi connectivity index (χ0) is 34.3. The highest BCUT2D eigenvalue weighted by molar-refractivity contribution is 5.87. The number of aliphatic hydroxyl groups excluding tert-OH is 1.